The highest BCUT2D eigenvalue weighted by atomic mass is 16.6. The molecule has 2 fully saturated rings. The van der Waals surface area contributed by atoms with Gasteiger partial charge in [0, 0.05) is 37.0 Å². The van der Waals surface area contributed by atoms with Crippen LogP contribution in [0, 0.1) is 12.8 Å². The van der Waals surface area contributed by atoms with Crippen LogP contribution in [0.1, 0.15) is 95.1 Å². The van der Waals surface area contributed by atoms with Crippen molar-refractivity contribution in [2.45, 2.75) is 109 Å². The average molecular weight is 647 g/mol. The molecule has 1 saturated carbocycles. The second-order valence-corrected chi connectivity index (χ2v) is 14.0. The second-order valence-electron chi connectivity index (χ2n) is 14.0. The van der Waals surface area contributed by atoms with E-state index in [9.17, 15) is 14.4 Å². The van der Waals surface area contributed by atoms with E-state index in [0.29, 0.717) is 42.9 Å². The monoisotopic (exact) mass is 646 g/mol. The van der Waals surface area contributed by atoms with Crippen LogP contribution in [0.2, 0.25) is 0 Å². The third kappa shape index (κ3) is 9.09. The first kappa shape index (κ1) is 34.3. The number of carbonyl (C=O) groups is 3. The maximum atomic E-state index is 13.3. The van der Waals surface area contributed by atoms with Crippen molar-refractivity contribution < 1.29 is 23.9 Å². The molecule has 0 radical (unpaired) electrons. The van der Waals surface area contributed by atoms with Crippen molar-refractivity contribution in [3.05, 3.63) is 59.1 Å². The first-order chi connectivity index (χ1) is 22.5. The number of amides is 3. The van der Waals surface area contributed by atoms with Crippen LogP contribution < -0.4 is 20.9 Å². The number of fused-ring (bicyclic) bond motifs is 1. The molecule has 3 amide bonds. The highest BCUT2D eigenvalue weighted by Crippen LogP contribution is 2.42. The molecule has 0 bridgehead atoms. The van der Waals surface area contributed by atoms with Gasteiger partial charge in [-0.2, -0.15) is 0 Å². The second kappa shape index (κ2) is 15.3. The molecule has 3 N–H and O–H groups in total. The minimum atomic E-state index is -0.557. The molecule has 2 heterocycles. The Hall–Kier alpha value is -3.99. The highest BCUT2D eigenvalue weighted by molar-refractivity contribution is 5.93. The van der Waals surface area contributed by atoms with Gasteiger partial charge in [-0.25, -0.2) is 14.8 Å². The van der Waals surface area contributed by atoms with Crippen molar-refractivity contribution in [3.8, 4) is 0 Å². The molecule has 2 aromatic rings. The number of methoxy groups -OCH3 is 1. The van der Waals surface area contributed by atoms with Crippen LogP contribution in [0.3, 0.4) is 0 Å². The molecule has 254 valence electrons. The standard InChI is InChI=1S/C36H50N6O5/c1-23-39-29(21-32(40-23)42-30-9-7-6-8-27(30)20-31(42)34(44)37-18-19-46-5)22-38-33(43)26-12-10-24(11-13-26)25-14-16-28(17-15-25)41-35(45)47-36(2,3)4/h12,14-17,21,24,27,30-31H,6-11,13,18-20,22H2,1-5H3,(H,37,44)(H,38,43)(H,41,45)/t24?,27-,30-,31-/m0/s1. The normalized spacial score (nSPS) is 22.6. The van der Waals surface area contributed by atoms with Gasteiger partial charge in [0.1, 0.15) is 23.3 Å². The van der Waals surface area contributed by atoms with Gasteiger partial charge in [-0.1, -0.05) is 31.1 Å². The van der Waals surface area contributed by atoms with E-state index in [1.807, 2.05) is 64.1 Å². The molecule has 1 aromatic heterocycles. The average Bonchev–Trinajstić information content (AvgIpc) is 3.43. The number of ether oxygens (including phenoxy) is 2. The molecule has 2 aliphatic carbocycles. The fraction of sp³-hybridized carbons (Fsp3) is 0.583. The summed E-state index contributed by atoms with van der Waals surface area (Å²) < 4.78 is 10.5. The summed E-state index contributed by atoms with van der Waals surface area (Å²) in [6.07, 6.45) is 9.21. The van der Waals surface area contributed by atoms with Crippen molar-refractivity contribution in [3.63, 3.8) is 0 Å². The topological polar surface area (TPSA) is 135 Å². The van der Waals surface area contributed by atoms with Gasteiger partial charge in [-0.15, -0.1) is 0 Å². The third-order valence-corrected chi connectivity index (χ3v) is 9.30. The van der Waals surface area contributed by atoms with E-state index in [1.165, 1.54) is 12.0 Å². The molecule has 1 unspecified atom stereocenters. The zero-order chi connectivity index (χ0) is 33.6. The quantitative estimate of drug-likeness (QED) is 0.287. The summed E-state index contributed by atoms with van der Waals surface area (Å²) >= 11 is 0. The maximum Gasteiger partial charge on any atom is 0.412 e. The number of aromatic nitrogens is 2. The number of aryl methyl sites for hydroxylation is 1. The Morgan fingerprint density at radius 1 is 1.02 bits per heavy atom. The summed E-state index contributed by atoms with van der Waals surface area (Å²) in [6.45, 7) is 8.59. The molecule has 1 aliphatic heterocycles. The van der Waals surface area contributed by atoms with E-state index in [-0.39, 0.29) is 30.4 Å². The molecule has 11 nitrogen and oxygen atoms in total. The Kier molecular flexibility index (Phi) is 11.2. The van der Waals surface area contributed by atoms with Crippen molar-refractivity contribution in [2.24, 2.45) is 5.92 Å². The summed E-state index contributed by atoms with van der Waals surface area (Å²) in [5.41, 5.74) is 2.81. The zero-order valence-electron chi connectivity index (χ0n) is 28.4. The molecule has 1 saturated heterocycles. The Bertz CT molecular complexity index is 1450. The number of anilines is 2. The minimum absolute atomic E-state index is 0.0125. The largest absolute Gasteiger partial charge is 0.444 e. The van der Waals surface area contributed by atoms with Crippen molar-refractivity contribution in [1.29, 1.82) is 0 Å². The van der Waals surface area contributed by atoms with Gasteiger partial charge in [0.15, 0.2) is 0 Å². The number of benzene rings is 1. The first-order valence-electron chi connectivity index (χ1n) is 17.0. The Morgan fingerprint density at radius 2 is 1.79 bits per heavy atom. The lowest BCUT2D eigenvalue weighted by atomic mass is 9.84. The fourth-order valence-electron chi connectivity index (χ4n) is 7.14. The molecular weight excluding hydrogens is 596 g/mol. The van der Waals surface area contributed by atoms with Gasteiger partial charge in [0.05, 0.1) is 18.8 Å². The molecule has 5 rings (SSSR count). The molecule has 3 aliphatic rings. The van der Waals surface area contributed by atoms with Crippen LogP contribution in [0.25, 0.3) is 0 Å². The maximum absolute atomic E-state index is 13.3. The van der Waals surface area contributed by atoms with Crippen LogP contribution in [-0.4, -0.2) is 65.8 Å². The van der Waals surface area contributed by atoms with Gasteiger partial charge in [-0.3, -0.25) is 14.9 Å². The van der Waals surface area contributed by atoms with E-state index < -0.39 is 11.7 Å². The molecule has 47 heavy (non-hydrogen) atoms. The Morgan fingerprint density at radius 3 is 2.49 bits per heavy atom. The predicted molar refractivity (Wildman–Crippen MR) is 181 cm³/mol. The van der Waals surface area contributed by atoms with E-state index in [1.54, 1.807) is 7.11 Å². The number of nitrogens with zero attached hydrogens (tertiary/aromatic N) is 3. The molecule has 1 aromatic carbocycles. The van der Waals surface area contributed by atoms with Gasteiger partial charge in [0.2, 0.25) is 11.8 Å². The lowest BCUT2D eigenvalue weighted by Gasteiger charge is -2.34. The molecule has 11 heteroatoms. The van der Waals surface area contributed by atoms with Crippen LogP contribution in [0.5, 0.6) is 0 Å². The number of allylic oxidation sites excluding steroid dienone is 1. The van der Waals surface area contributed by atoms with E-state index >= 15 is 0 Å². The van der Waals surface area contributed by atoms with Gasteiger partial charge >= 0.3 is 6.09 Å². The number of hydrogen-bond donors (Lipinski definition) is 3. The zero-order valence-corrected chi connectivity index (χ0v) is 28.4. The van der Waals surface area contributed by atoms with Gasteiger partial charge in [-0.05, 0) is 95.8 Å². The SMILES string of the molecule is COCCNC(=O)[C@@H]1C[C@@H]2CCCC[C@@H]2N1c1cc(CNC(=O)C2=CCC(c3ccc(NC(=O)OC(C)(C)C)cc3)CC2)nc(C)n1. The Balaban J connectivity index is 1.18. The number of hydrogen-bond acceptors (Lipinski definition) is 8. The summed E-state index contributed by atoms with van der Waals surface area (Å²) in [5.74, 6) is 2.08. The highest BCUT2D eigenvalue weighted by Gasteiger charge is 2.45. The fourth-order valence-corrected chi connectivity index (χ4v) is 7.14. The summed E-state index contributed by atoms with van der Waals surface area (Å²) in [5, 5.41) is 8.88. The summed E-state index contributed by atoms with van der Waals surface area (Å²) in [6, 6.07) is 9.74. The van der Waals surface area contributed by atoms with E-state index in [0.717, 1.165) is 55.6 Å². The third-order valence-electron chi connectivity index (χ3n) is 9.30. The summed E-state index contributed by atoms with van der Waals surface area (Å²) in [4.78, 5) is 50.2. The molecule has 4 atom stereocenters. The van der Waals surface area contributed by atoms with Crippen LogP contribution in [0.15, 0.2) is 42.0 Å². The molecular formula is C36H50N6O5. The summed E-state index contributed by atoms with van der Waals surface area (Å²) in [7, 11) is 1.63. The molecule has 0 spiro atoms. The lowest BCUT2D eigenvalue weighted by Crippen LogP contribution is -2.48. The van der Waals surface area contributed by atoms with Crippen molar-refractivity contribution >= 4 is 29.4 Å². The van der Waals surface area contributed by atoms with Gasteiger partial charge in [0.25, 0.3) is 0 Å². The number of nitrogens with one attached hydrogen (secondary N) is 3. The van der Waals surface area contributed by atoms with Crippen LogP contribution in [0.4, 0.5) is 16.3 Å². The number of rotatable bonds is 10. The van der Waals surface area contributed by atoms with E-state index in [2.05, 4.69) is 25.8 Å². The van der Waals surface area contributed by atoms with Crippen LogP contribution >= 0.6 is 0 Å². The first-order valence-corrected chi connectivity index (χ1v) is 17.0. The van der Waals surface area contributed by atoms with Crippen molar-refractivity contribution in [2.75, 3.05) is 30.5 Å². The smallest absolute Gasteiger partial charge is 0.412 e. The number of carbonyl (C=O) groups excluding carboxylic acids is 3. The lowest BCUT2D eigenvalue weighted by molar-refractivity contribution is -0.122. The van der Waals surface area contributed by atoms with Crippen molar-refractivity contribution in [1.82, 2.24) is 20.6 Å². The van der Waals surface area contributed by atoms with Crippen LogP contribution in [-0.2, 0) is 25.6 Å². The Labute approximate surface area is 278 Å². The predicted octanol–water partition coefficient (Wildman–Crippen LogP) is 5.54. The van der Waals surface area contributed by atoms with Gasteiger partial charge < -0.3 is 25.0 Å². The minimum Gasteiger partial charge on any atom is -0.444 e. The van der Waals surface area contributed by atoms with E-state index in [4.69, 9.17) is 14.5 Å².